The van der Waals surface area contributed by atoms with Gasteiger partial charge in [0, 0.05) is 0 Å². The molecule has 1 aromatic carbocycles. The molecule has 112 valence electrons. The van der Waals surface area contributed by atoms with Gasteiger partial charge in [0.25, 0.3) is 0 Å². The molecule has 2 N–H and O–H groups in total. The molecule has 6 heteroatoms. The first-order valence-corrected chi connectivity index (χ1v) is 7.87. The molecule has 1 atom stereocenters. The van der Waals surface area contributed by atoms with Gasteiger partial charge in [-0.1, -0.05) is 31.5 Å². The number of carboxylic acids is 1. The van der Waals surface area contributed by atoms with Gasteiger partial charge in [-0.15, -0.1) is 0 Å². The zero-order valence-corrected chi connectivity index (χ0v) is 13.2. The van der Waals surface area contributed by atoms with Crippen LogP contribution in [0.4, 0.5) is 0 Å². The van der Waals surface area contributed by atoms with Gasteiger partial charge in [-0.05, 0) is 37.8 Å². The fourth-order valence-electron chi connectivity index (χ4n) is 2.29. The number of carboxylic acid groups (broad SMARTS) is 1. The Morgan fingerprint density at radius 1 is 1.15 bits per heavy atom. The van der Waals surface area contributed by atoms with Gasteiger partial charge in [-0.25, -0.2) is 8.42 Å². The quantitative estimate of drug-likeness (QED) is 0.871. The lowest BCUT2D eigenvalue weighted by Gasteiger charge is -2.20. The first-order valence-electron chi connectivity index (χ1n) is 6.39. The highest BCUT2D eigenvalue weighted by Gasteiger charge is 2.29. The van der Waals surface area contributed by atoms with Gasteiger partial charge in [-0.2, -0.15) is 4.72 Å². The van der Waals surface area contributed by atoms with Crippen LogP contribution in [0.3, 0.4) is 0 Å². The Labute approximate surface area is 120 Å². The van der Waals surface area contributed by atoms with Crippen LogP contribution in [0.2, 0.25) is 0 Å². The lowest BCUT2D eigenvalue weighted by Crippen LogP contribution is -2.44. The maximum Gasteiger partial charge on any atom is 0.322 e. The van der Waals surface area contributed by atoms with Crippen LogP contribution in [-0.4, -0.2) is 25.5 Å². The number of rotatable bonds is 5. The molecule has 1 rings (SSSR count). The molecule has 0 radical (unpaired) electrons. The number of hydrogen-bond donors (Lipinski definition) is 2. The van der Waals surface area contributed by atoms with E-state index in [0.717, 1.165) is 5.56 Å². The molecule has 1 unspecified atom stereocenters. The fourth-order valence-corrected chi connectivity index (χ4v) is 4.08. The molecule has 0 saturated heterocycles. The summed E-state index contributed by atoms with van der Waals surface area (Å²) in [5, 5.41) is 9.11. The highest BCUT2D eigenvalue weighted by Crippen LogP contribution is 2.22. The predicted molar refractivity (Wildman–Crippen MR) is 77.2 cm³/mol. The van der Waals surface area contributed by atoms with Crippen molar-refractivity contribution < 1.29 is 18.3 Å². The van der Waals surface area contributed by atoms with Crippen molar-refractivity contribution in [3.05, 3.63) is 28.8 Å². The molecule has 5 nitrogen and oxygen atoms in total. The summed E-state index contributed by atoms with van der Waals surface area (Å²) in [6.07, 6.45) is 0. The summed E-state index contributed by atoms with van der Waals surface area (Å²) >= 11 is 0. The van der Waals surface area contributed by atoms with Gasteiger partial charge in [0.2, 0.25) is 10.0 Å². The minimum Gasteiger partial charge on any atom is -0.480 e. The Morgan fingerprint density at radius 3 is 1.95 bits per heavy atom. The van der Waals surface area contributed by atoms with Crippen molar-refractivity contribution in [3.63, 3.8) is 0 Å². The minimum absolute atomic E-state index is 0.162. The average Bonchev–Trinajstić information content (AvgIpc) is 2.23. The second kappa shape index (κ2) is 5.93. The van der Waals surface area contributed by atoms with Crippen molar-refractivity contribution in [1.29, 1.82) is 0 Å². The van der Waals surface area contributed by atoms with Crippen LogP contribution in [0, 0.1) is 26.7 Å². The van der Waals surface area contributed by atoms with Crippen molar-refractivity contribution in [2.45, 2.75) is 45.6 Å². The van der Waals surface area contributed by atoms with Gasteiger partial charge < -0.3 is 5.11 Å². The van der Waals surface area contributed by atoms with Crippen molar-refractivity contribution in [1.82, 2.24) is 4.72 Å². The maximum atomic E-state index is 12.4. The maximum absolute atomic E-state index is 12.4. The van der Waals surface area contributed by atoms with Gasteiger partial charge in [0.15, 0.2) is 0 Å². The van der Waals surface area contributed by atoms with Crippen molar-refractivity contribution in [3.8, 4) is 0 Å². The second-order valence-corrected chi connectivity index (χ2v) is 7.06. The molecule has 0 aliphatic heterocycles. The van der Waals surface area contributed by atoms with Gasteiger partial charge in [0.05, 0.1) is 4.90 Å². The van der Waals surface area contributed by atoms with E-state index >= 15 is 0 Å². The van der Waals surface area contributed by atoms with Crippen LogP contribution in [0.25, 0.3) is 0 Å². The Balaban J connectivity index is 3.28. The van der Waals surface area contributed by atoms with Gasteiger partial charge >= 0.3 is 5.97 Å². The van der Waals surface area contributed by atoms with E-state index in [9.17, 15) is 13.2 Å². The summed E-state index contributed by atoms with van der Waals surface area (Å²) in [5.74, 6) is -1.51. The molecule has 0 heterocycles. The zero-order valence-electron chi connectivity index (χ0n) is 12.4. The molecule has 1 aromatic rings. The molecule has 20 heavy (non-hydrogen) atoms. The van der Waals surface area contributed by atoms with E-state index in [4.69, 9.17) is 5.11 Å². The number of benzene rings is 1. The van der Waals surface area contributed by atoms with E-state index in [0.29, 0.717) is 11.1 Å². The fraction of sp³-hybridized carbons (Fsp3) is 0.500. The van der Waals surface area contributed by atoms with Crippen molar-refractivity contribution in [2.24, 2.45) is 5.92 Å². The number of sulfonamides is 1. The first kappa shape index (κ1) is 16.7. The van der Waals surface area contributed by atoms with E-state index in [1.165, 1.54) is 0 Å². The summed E-state index contributed by atoms with van der Waals surface area (Å²) in [6.45, 7) is 8.63. The lowest BCUT2D eigenvalue weighted by molar-refractivity contribution is -0.140. The number of carbonyl (C=O) groups is 1. The first-order chi connectivity index (χ1) is 9.06. The summed E-state index contributed by atoms with van der Waals surface area (Å²) in [6, 6.07) is 2.40. The molecule has 0 spiro atoms. The smallest absolute Gasteiger partial charge is 0.322 e. The molecule has 0 saturated carbocycles. The van der Waals surface area contributed by atoms with Crippen LogP contribution in [0.1, 0.15) is 30.5 Å². The Kier molecular flexibility index (Phi) is 4.94. The molecule has 0 bridgehead atoms. The topological polar surface area (TPSA) is 83.5 Å². The molecule has 0 aliphatic rings. The minimum atomic E-state index is -3.86. The molecule has 0 fully saturated rings. The standard InChI is InChI=1S/C14H21NO4S/c1-8(2)12(14(16)17)15-20(18,19)13-10(4)6-9(3)7-11(13)5/h6-8,12,15H,1-5H3,(H,16,17). The Morgan fingerprint density at radius 2 is 1.60 bits per heavy atom. The largest absolute Gasteiger partial charge is 0.480 e. The summed E-state index contributed by atoms with van der Waals surface area (Å²) in [4.78, 5) is 11.3. The molecular formula is C14H21NO4S. The summed E-state index contributed by atoms with van der Waals surface area (Å²) in [7, 11) is -3.86. The lowest BCUT2D eigenvalue weighted by atomic mass is 10.1. The van der Waals surface area contributed by atoms with Gasteiger partial charge in [0.1, 0.15) is 6.04 Å². The number of hydrogen-bond acceptors (Lipinski definition) is 3. The van der Waals surface area contributed by atoms with E-state index in [1.807, 2.05) is 6.92 Å². The molecule has 0 amide bonds. The summed E-state index contributed by atoms with van der Waals surface area (Å²) < 4.78 is 27.1. The van der Waals surface area contributed by atoms with Crippen LogP contribution < -0.4 is 4.72 Å². The van der Waals surface area contributed by atoms with Crippen LogP contribution in [0.5, 0.6) is 0 Å². The highest BCUT2D eigenvalue weighted by atomic mass is 32.2. The third-order valence-corrected chi connectivity index (χ3v) is 4.83. The van der Waals surface area contributed by atoms with E-state index in [1.54, 1.807) is 39.8 Å². The van der Waals surface area contributed by atoms with Gasteiger partial charge in [-0.3, -0.25) is 4.79 Å². The predicted octanol–water partition coefficient (Wildman–Crippen LogP) is 2.00. The highest BCUT2D eigenvalue weighted by molar-refractivity contribution is 7.89. The van der Waals surface area contributed by atoms with E-state index in [-0.39, 0.29) is 10.8 Å². The molecular weight excluding hydrogens is 278 g/mol. The third-order valence-electron chi connectivity index (χ3n) is 3.09. The average molecular weight is 299 g/mol. The van der Waals surface area contributed by atoms with Crippen LogP contribution in [0.15, 0.2) is 17.0 Å². The SMILES string of the molecule is Cc1cc(C)c(S(=O)(=O)NC(C(=O)O)C(C)C)c(C)c1. The van der Waals surface area contributed by atoms with Crippen LogP contribution >= 0.6 is 0 Å². The van der Waals surface area contributed by atoms with E-state index < -0.39 is 22.0 Å². The van der Waals surface area contributed by atoms with Crippen molar-refractivity contribution >= 4 is 16.0 Å². The Hall–Kier alpha value is -1.40. The number of aliphatic carboxylic acids is 1. The molecule has 0 aliphatic carbocycles. The van der Waals surface area contributed by atoms with Crippen molar-refractivity contribution in [2.75, 3.05) is 0 Å². The normalized spacial score (nSPS) is 13.5. The number of nitrogens with one attached hydrogen (secondary N) is 1. The van der Waals surface area contributed by atoms with E-state index in [2.05, 4.69) is 4.72 Å². The second-order valence-electron chi connectivity index (χ2n) is 5.41. The summed E-state index contributed by atoms with van der Waals surface area (Å²) in [5.41, 5.74) is 2.20. The van der Waals surface area contributed by atoms with Crippen LogP contribution in [-0.2, 0) is 14.8 Å². The Bertz CT molecular complexity index is 597. The monoisotopic (exact) mass is 299 g/mol. The third kappa shape index (κ3) is 3.58. The number of aryl methyl sites for hydroxylation is 3. The molecule has 0 aromatic heterocycles. The zero-order chi connectivity index (χ0) is 15.7.